The van der Waals surface area contributed by atoms with Gasteiger partial charge in [0, 0.05) is 30.7 Å². The zero-order valence-electron chi connectivity index (χ0n) is 25.6. The summed E-state index contributed by atoms with van der Waals surface area (Å²) in [7, 11) is 7.46. The molecule has 8 nitrogen and oxygen atoms in total. The van der Waals surface area contributed by atoms with Gasteiger partial charge in [0.15, 0.2) is 34.5 Å². The maximum absolute atomic E-state index is 11.6. The van der Waals surface area contributed by atoms with Crippen LogP contribution in [0.5, 0.6) is 46.0 Å². The molecular formula is C36H38N2O6. The van der Waals surface area contributed by atoms with Gasteiger partial charge in [-0.15, -0.1) is 0 Å². The quantitative estimate of drug-likeness (QED) is 0.270. The first-order chi connectivity index (χ1) is 21.3. The smallest absolute Gasteiger partial charge is 0.201 e. The molecule has 0 unspecified atom stereocenters. The fourth-order valence-electron chi connectivity index (χ4n) is 6.94. The molecule has 0 radical (unpaired) electrons. The zero-order valence-corrected chi connectivity index (χ0v) is 25.6. The van der Waals surface area contributed by atoms with Crippen LogP contribution in [0.3, 0.4) is 0 Å². The number of benzene rings is 4. The van der Waals surface area contributed by atoms with Gasteiger partial charge in [0.05, 0.1) is 14.2 Å². The number of aromatic hydroxyl groups is 2. The Kier molecular flexibility index (Phi) is 7.26. The Balaban J connectivity index is 1.45. The molecule has 4 aliphatic rings. The summed E-state index contributed by atoms with van der Waals surface area (Å²) in [6.45, 7) is 1.75. The van der Waals surface area contributed by atoms with E-state index in [4.69, 9.17) is 18.9 Å². The second-order valence-electron chi connectivity index (χ2n) is 12.1. The van der Waals surface area contributed by atoms with Crippen molar-refractivity contribution in [2.24, 2.45) is 0 Å². The lowest BCUT2D eigenvalue weighted by Gasteiger charge is -2.37. The molecule has 0 spiro atoms. The molecule has 0 amide bonds. The Morgan fingerprint density at radius 3 is 2.11 bits per heavy atom. The van der Waals surface area contributed by atoms with Crippen molar-refractivity contribution >= 4 is 0 Å². The van der Waals surface area contributed by atoms with Gasteiger partial charge in [-0.1, -0.05) is 18.2 Å². The van der Waals surface area contributed by atoms with E-state index < -0.39 is 0 Å². The minimum atomic E-state index is -0.122. The van der Waals surface area contributed by atoms with Crippen LogP contribution in [0.2, 0.25) is 0 Å². The lowest BCUT2D eigenvalue weighted by molar-refractivity contribution is 0.220. The molecule has 2 atom stereocenters. The van der Waals surface area contributed by atoms with Crippen LogP contribution in [0.15, 0.2) is 60.7 Å². The lowest BCUT2D eigenvalue weighted by Crippen LogP contribution is -2.34. The number of fused-ring (bicyclic) bond motifs is 2. The van der Waals surface area contributed by atoms with Crippen molar-refractivity contribution in [3.63, 3.8) is 0 Å². The Hall–Kier alpha value is -4.40. The van der Waals surface area contributed by atoms with Gasteiger partial charge in [0.25, 0.3) is 0 Å². The van der Waals surface area contributed by atoms with Gasteiger partial charge in [-0.3, -0.25) is 9.80 Å². The third kappa shape index (κ3) is 4.98. The third-order valence-electron chi connectivity index (χ3n) is 9.46. The third-order valence-corrected chi connectivity index (χ3v) is 9.46. The average Bonchev–Trinajstić information content (AvgIpc) is 3.03. The number of phenolic OH excluding ortho intramolecular Hbond substituents is 2. The number of methoxy groups -OCH3 is 2. The first-order valence-electron chi connectivity index (χ1n) is 15.1. The van der Waals surface area contributed by atoms with Crippen molar-refractivity contribution in [1.29, 1.82) is 0 Å². The predicted octanol–water partition coefficient (Wildman–Crippen LogP) is 6.56. The summed E-state index contributed by atoms with van der Waals surface area (Å²) in [5, 5.41) is 22.3. The van der Waals surface area contributed by atoms with Gasteiger partial charge in [-0.2, -0.15) is 0 Å². The first kappa shape index (κ1) is 28.4. The summed E-state index contributed by atoms with van der Waals surface area (Å²) in [4.78, 5) is 4.65. The fraction of sp³-hybridized carbons (Fsp3) is 0.333. The number of rotatable bonds is 2. The molecule has 0 saturated carbocycles. The second kappa shape index (κ2) is 11.3. The summed E-state index contributed by atoms with van der Waals surface area (Å²) in [6, 6.07) is 19.7. The van der Waals surface area contributed by atoms with Gasteiger partial charge >= 0.3 is 0 Å². The predicted molar refractivity (Wildman–Crippen MR) is 168 cm³/mol. The van der Waals surface area contributed by atoms with Crippen molar-refractivity contribution in [3.05, 3.63) is 94.0 Å². The van der Waals surface area contributed by atoms with E-state index in [1.807, 2.05) is 30.3 Å². The van der Waals surface area contributed by atoms with Crippen molar-refractivity contribution in [2.75, 3.05) is 41.4 Å². The number of hydrogen-bond donors (Lipinski definition) is 2. The summed E-state index contributed by atoms with van der Waals surface area (Å²) in [5.41, 5.74) is 6.55. The molecule has 0 aromatic heterocycles. The van der Waals surface area contributed by atoms with Gasteiger partial charge in [0.1, 0.15) is 5.75 Å². The lowest BCUT2D eigenvalue weighted by atomic mass is 9.87. The van der Waals surface area contributed by atoms with Crippen LogP contribution in [-0.2, 0) is 25.7 Å². The van der Waals surface area contributed by atoms with Gasteiger partial charge < -0.3 is 29.2 Å². The Bertz CT molecular complexity index is 1720. The molecule has 4 aromatic carbocycles. The monoisotopic (exact) mass is 594 g/mol. The summed E-state index contributed by atoms with van der Waals surface area (Å²) < 4.78 is 24.5. The highest BCUT2D eigenvalue weighted by Crippen LogP contribution is 2.51. The highest BCUT2D eigenvalue weighted by atomic mass is 16.5. The standard InChI is InChI=1S/C36H38N2O6/c1-37-13-11-23-18-31(41-3)32-20-26(23)27(37)15-21-5-8-25(9-6-21)43-30-17-22(7-10-29(30)39)16-28-34-24(12-14-38(28)2)19-33(42-4)35(40)36(34)44-32/h5-10,17-20,27-28,39-40H,11-16H2,1-4H3/t27-,28+/m1/s1. The molecule has 2 N–H and O–H groups in total. The van der Waals surface area contributed by atoms with Crippen molar-refractivity contribution in [3.8, 4) is 46.0 Å². The number of phenols is 2. The van der Waals surface area contributed by atoms with E-state index in [2.05, 4.69) is 48.2 Å². The largest absolute Gasteiger partial charge is 0.504 e. The topological polar surface area (TPSA) is 83.9 Å². The highest BCUT2D eigenvalue weighted by molar-refractivity contribution is 5.63. The zero-order chi connectivity index (χ0) is 30.5. The molecular weight excluding hydrogens is 556 g/mol. The molecule has 228 valence electrons. The summed E-state index contributed by atoms with van der Waals surface area (Å²) in [5.74, 6) is 3.05. The van der Waals surface area contributed by atoms with E-state index in [0.717, 1.165) is 49.0 Å². The summed E-state index contributed by atoms with van der Waals surface area (Å²) >= 11 is 0. The van der Waals surface area contributed by atoms with E-state index in [0.29, 0.717) is 40.9 Å². The number of nitrogens with zero attached hydrogens (tertiary/aromatic N) is 2. The molecule has 6 bridgehead atoms. The van der Waals surface area contributed by atoms with Crippen LogP contribution in [0.25, 0.3) is 0 Å². The van der Waals surface area contributed by atoms with Crippen molar-refractivity contribution < 1.29 is 29.2 Å². The van der Waals surface area contributed by atoms with Crippen LogP contribution in [0.1, 0.15) is 45.5 Å². The molecule has 0 saturated heterocycles. The van der Waals surface area contributed by atoms with Gasteiger partial charge in [-0.05, 0) is 110 Å². The fourth-order valence-corrected chi connectivity index (χ4v) is 6.94. The summed E-state index contributed by atoms with van der Waals surface area (Å²) in [6.07, 6.45) is 3.08. The van der Waals surface area contributed by atoms with Gasteiger partial charge in [0.2, 0.25) is 5.75 Å². The second-order valence-corrected chi connectivity index (χ2v) is 12.1. The van der Waals surface area contributed by atoms with Crippen LogP contribution in [-0.4, -0.2) is 61.4 Å². The Morgan fingerprint density at radius 1 is 0.705 bits per heavy atom. The van der Waals surface area contributed by atoms with E-state index in [-0.39, 0.29) is 23.6 Å². The average molecular weight is 595 g/mol. The number of hydrogen-bond acceptors (Lipinski definition) is 8. The van der Waals surface area contributed by atoms with Gasteiger partial charge in [-0.25, -0.2) is 0 Å². The highest BCUT2D eigenvalue weighted by Gasteiger charge is 2.34. The molecule has 0 aliphatic carbocycles. The molecule has 44 heavy (non-hydrogen) atoms. The minimum absolute atomic E-state index is 0.0383. The van der Waals surface area contributed by atoms with E-state index in [1.54, 1.807) is 20.3 Å². The van der Waals surface area contributed by atoms with Crippen LogP contribution in [0, 0.1) is 0 Å². The van der Waals surface area contributed by atoms with Crippen LogP contribution in [0.4, 0.5) is 0 Å². The van der Waals surface area contributed by atoms with E-state index in [1.165, 1.54) is 16.7 Å². The van der Waals surface area contributed by atoms with Crippen LogP contribution < -0.4 is 18.9 Å². The maximum Gasteiger partial charge on any atom is 0.201 e. The normalized spacial score (nSPS) is 19.6. The van der Waals surface area contributed by atoms with Crippen molar-refractivity contribution in [1.82, 2.24) is 9.80 Å². The Morgan fingerprint density at radius 2 is 1.36 bits per heavy atom. The van der Waals surface area contributed by atoms with E-state index >= 15 is 0 Å². The molecule has 8 heteroatoms. The van der Waals surface area contributed by atoms with E-state index in [9.17, 15) is 10.2 Å². The minimum Gasteiger partial charge on any atom is -0.504 e. The number of likely N-dealkylation sites (N-methyl/N-ethyl adjacent to an activating group) is 2. The molecule has 8 rings (SSSR count). The van der Waals surface area contributed by atoms with Crippen molar-refractivity contribution in [2.45, 2.75) is 37.8 Å². The molecule has 4 aromatic rings. The number of ether oxygens (including phenoxy) is 4. The molecule has 0 fully saturated rings. The van der Waals surface area contributed by atoms with Crippen LogP contribution >= 0.6 is 0 Å². The molecule has 4 heterocycles. The maximum atomic E-state index is 11.6. The first-order valence-corrected chi connectivity index (χ1v) is 15.1. The SMILES string of the molecule is COc1cc2c3cc1Oc1c(O)c(OC)cc4c1[C@H](Cc1ccc(O)c(c1)Oc1ccc(cc1)C[C@H]3N(C)CC2)N(C)CC4. The Labute approximate surface area is 258 Å². The molecule has 4 aliphatic heterocycles.